The van der Waals surface area contributed by atoms with Crippen molar-refractivity contribution < 1.29 is 17.9 Å². The van der Waals surface area contributed by atoms with Crippen LogP contribution >= 0.6 is 0 Å². The van der Waals surface area contributed by atoms with Crippen molar-refractivity contribution in [1.29, 1.82) is 0 Å². The largest absolute Gasteiger partial charge is 0.481 e. The first-order valence-corrected chi connectivity index (χ1v) is 13.0. The lowest BCUT2D eigenvalue weighted by atomic mass is 9.92. The molecule has 1 atom stereocenters. The summed E-state index contributed by atoms with van der Waals surface area (Å²) in [6.07, 6.45) is 4.61. The van der Waals surface area contributed by atoms with Gasteiger partial charge in [0.2, 0.25) is 10.0 Å². The second-order valence-corrected chi connectivity index (χ2v) is 10.6. The first-order chi connectivity index (χ1) is 15.4. The van der Waals surface area contributed by atoms with Gasteiger partial charge in [0.25, 0.3) is 5.91 Å². The molecular formula is C25H32N2O4S. The molecule has 7 heteroatoms. The van der Waals surface area contributed by atoms with Crippen molar-refractivity contribution in [2.45, 2.75) is 57.0 Å². The Labute approximate surface area is 191 Å². The summed E-state index contributed by atoms with van der Waals surface area (Å²) in [6.45, 7) is 5.19. The van der Waals surface area contributed by atoms with Gasteiger partial charge in [0.1, 0.15) is 5.75 Å². The SMILES string of the molecule is CC[C@@H](Oc1ccc2c(c1)CCCC2)C(=O)N1CCN(S(=O)(=O)c2ccc(C)cc2)CC1. The minimum atomic E-state index is -3.55. The van der Waals surface area contributed by atoms with Gasteiger partial charge < -0.3 is 9.64 Å². The summed E-state index contributed by atoms with van der Waals surface area (Å²) in [6, 6.07) is 13.1. The molecule has 0 N–H and O–H groups in total. The monoisotopic (exact) mass is 456 g/mol. The van der Waals surface area contributed by atoms with E-state index in [1.165, 1.54) is 28.3 Å². The number of carbonyl (C=O) groups excluding carboxylic acids is 1. The molecule has 1 fully saturated rings. The minimum Gasteiger partial charge on any atom is -0.481 e. The third kappa shape index (κ3) is 4.84. The van der Waals surface area contributed by atoms with E-state index in [1.54, 1.807) is 29.2 Å². The molecule has 1 aliphatic heterocycles. The van der Waals surface area contributed by atoms with Crippen LogP contribution in [-0.2, 0) is 27.7 Å². The van der Waals surface area contributed by atoms with Crippen molar-refractivity contribution in [2.75, 3.05) is 26.2 Å². The van der Waals surface area contributed by atoms with E-state index in [9.17, 15) is 13.2 Å². The van der Waals surface area contributed by atoms with Crippen LogP contribution in [0.2, 0.25) is 0 Å². The van der Waals surface area contributed by atoms with Gasteiger partial charge in [-0.1, -0.05) is 30.7 Å². The molecule has 0 aromatic heterocycles. The zero-order chi connectivity index (χ0) is 22.7. The van der Waals surface area contributed by atoms with Crippen molar-refractivity contribution in [2.24, 2.45) is 0 Å². The van der Waals surface area contributed by atoms with Gasteiger partial charge in [-0.3, -0.25) is 4.79 Å². The molecular weight excluding hydrogens is 424 g/mol. The van der Waals surface area contributed by atoms with Gasteiger partial charge >= 0.3 is 0 Å². The lowest BCUT2D eigenvalue weighted by Gasteiger charge is -2.35. The molecule has 1 saturated heterocycles. The third-order valence-electron chi connectivity index (χ3n) is 6.45. The summed E-state index contributed by atoms with van der Waals surface area (Å²) < 4.78 is 33.4. The maximum absolute atomic E-state index is 13.1. The van der Waals surface area contributed by atoms with E-state index in [-0.39, 0.29) is 19.0 Å². The van der Waals surface area contributed by atoms with Crippen LogP contribution in [0.3, 0.4) is 0 Å². The summed E-state index contributed by atoms with van der Waals surface area (Å²) in [4.78, 5) is 15.1. The Morgan fingerprint density at radius 2 is 1.62 bits per heavy atom. The summed E-state index contributed by atoms with van der Waals surface area (Å²) >= 11 is 0. The van der Waals surface area contributed by atoms with Crippen molar-refractivity contribution in [3.05, 3.63) is 59.2 Å². The number of aryl methyl sites for hydroxylation is 3. The van der Waals surface area contributed by atoms with E-state index in [0.29, 0.717) is 24.4 Å². The molecule has 0 saturated carbocycles. The molecule has 2 aliphatic rings. The Balaban J connectivity index is 1.38. The Hall–Kier alpha value is -2.38. The molecule has 6 nitrogen and oxygen atoms in total. The number of sulfonamides is 1. The van der Waals surface area contributed by atoms with Gasteiger partial charge in [-0.15, -0.1) is 0 Å². The van der Waals surface area contributed by atoms with Gasteiger partial charge in [0.15, 0.2) is 6.10 Å². The molecule has 32 heavy (non-hydrogen) atoms. The van der Waals surface area contributed by atoms with Gasteiger partial charge in [-0.2, -0.15) is 4.31 Å². The van der Waals surface area contributed by atoms with E-state index in [1.807, 2.05) is 19.9 Å². The van der Waals surface area contributed by atoms with Crippen molar-refractivity contribution in [3.63, 3.8) is 0 Å². The molecule has 1 heterocycles. The van der Waals surface area contributed by atoms with Crippen LogP contribution in [0.15, 0.2) is 47.4 Å². The van der Waals surface area contributed by atoms with Gasteiger partial charge in [-0.25, -0.2) is 8.42 Å². The number of hydrogen-bond acceptors (Lipinski definition) is 4. The summed E-state index contributed by atoms with van der Waals surface area (Å²) in [5.74, 6) is 0.670. The number of ether oxygens (including phenoxy) is 1. The standard InChI is InChI=1S/C25H32N2O4S/c1-3-24(31-22-11-10-20-6-4-5-7-21(20)18-22)25(28)26-14-16-27(17-15-26)32(29,30)23-12-8-19(2)9-13-23/h8-13,18,24H,3-7,14-17H2,1-2H3/t24-/m1/s1. The fraction of sp³-hybridized carbons (Fsp3) is 0.480. The fourth-order valence-electron chi connectivity index (χ4n) is 4.47. The first kappa shape index (κ1) is 22.8. The van der Waals surface area contributed by atoms with Crippen molar-refractivity contribution in [1.82, 2.24) is 9.21 Å². The molecule has 1 amide bonds. The molecule has 1 aliphatic carbocycles. The lowest BCUT2D eigenvalue weighted by molar-refractivity contribution is -0.140. The van der Waals surface area contributed by atoms with Gasteiger partial charge in [0.05, 0.1) is 4.90 Å². The number of fused-ring (bicyclic) bond motifs is 1. The predicted octanol–water partition coefficient (Wildman–Crippen LogP) is 3.56. The summed E-state index contributed by atoms with van der Waals surface area (Å²) in [5.41, 5.74) is 3.73. The molecule has 0 bridgehead atoms. The second kappa shape index (κ2) is 9.63. The number of nitrogens with zero attached hydrogens (tertiary/aromatic N) is 2. The molecule has 2 aromatic carbocycles. The zero-order valence-corrected chi connectivity index (χ0v) is 19.7. The topological polar surface area (TPSA) is 66.9 Å². The normalized spacial score (nSPS) is 18.1. The average Bonchev–Trinajstić information content (AvgIpc) is 2.82. The van der Waals surface area contributed by atoms with Gasteiger partial charge in [-0.05, 0) is 74.4 Å². The second-order valence-electron chi connectivity index (χ2n) is 8.69. The summed E-state index contributed by atoms with van der Waals surface area (Å²) in [7, 11) is -3.55. The number of benzene rings is 2. The highest BCUT2D eigenvalue weighted by molar-refractivity contribution is 7.89. The Morgan fingerprint density at radius 1 is 0.969 bits per heavy atom. The fourth-order valence-corrected chi connectivity index (χ4v) is 5.89. The average molecular weight is 457 g/mol. The number of amides is 1. The molecule has 172 valence electrons. The zero-order valence-electron chi connectivity index (χ0n) is 18.9. The van der Waals surface area contributed by atoms with Crippen LogP contribution in [-0.4, -0.2) is 55.8 Å². The first-order valence-electron chi connectivity index (χ1n) is 11.5. The predicted molar refractivity (Wildman–Crippen MR) is 124 cm³/mol. The van der Waals surface area contributed by atoms with E-state index in [2.05, 4.69) is 12.1 Å². The van der Waals surface area contributed by atoms with Crippen LogP contribution in [0, 0.1) is 6.92 Å². The molecule has 2 aromatic rings. The quantitative estimate of drug-likeness (QED) is 0.667. The highest BCUT2D eigenvalue weighted by Crippen LogP contribution is 2.27. The maximum atomic E-state index is 13.1. The van der Waals surface area contributed by atoms with Crippen molar-refractivity contribution in [3.8, 4) is 5.75 Å². The summed E-state index contributed by atoms with van der Waals surface area (Å²) in [5, 5.41) is 0. The molecule has 0 radical (unpaired) electrons. The molecule has 4 rings (SSSR count). The van der Waals surface area contributed by atoms with Crippen LogP contribution in [0.5, 0.6) is 5.75 Å². The number of carbonyl (C=O) groups is 1. The van der Waals surface area contributed by atoms with Gasteiger partial charge in [0, 0.05) is 26.2 Å². The van der Waals surface area contributed by atoms with Crippen LogP contribution in [0.4, 0.5) is 0 Å². The maximum Gasteiger partial charge on any atom is 0.263 e. The van der Waals surface area contributed by atoms with E-state index >= 15 is 0 Å². The smallest absolute Gasteiger partial charge is 0.263 e. The number of piperazine rings is 1. The van der Waals surface area contributed by atoms with Crippen LogP contribution in [0.1, 0.15) is 42.9 Å². The molecule has 0 unspecified atom stereocenters. The lowest BCUT2D eigenvalue weighted by Crippen LogP contribution is -2.53. The number of rotatable bonds is 6. The van der Waals surface area contributed by atoms with Crippen LogP contribution in [0.25, 0.3) is 0 Å². The number of hydrogen-bond donors (Lipinski definition) is 0. The highest BCUT2D eigenvalue weighted by atomic mass is 32.2. The Kier molecular flexibility index (Phi) is 6.86. The Bertz CT molecular complexity index is 1060. The third-order valence-corrected chi connectivity index (χ3v) is 8.37. The highest BCUT2D eigenvalue weighted by Gasteiger charge is 2.33. The minimum absolute atomic E-state index is 0.0717. The van der Waals surface area contributed by atoms with E-state index < -0.39 is 16.1 Å². The van der Waals surface area contributed by atoms with Crippen LogP contribution < -0.4 is 4.74 Å². The Morgan fingerprint density at radius 3 is 2.28 bits per heavy atom. The van der Waals surface area contributed by atoms with E-state index in [0.717, 1.165) is 24.2 Å². The van der Waals surface area contributed by atoms with Crippen molar-refractivity contribution >= 4 is 15.9 Å². The molecule has 0 spiro atoms. The van der Waals surface area contributed by atoms with E-state index in [4.69, 9.17) is 4.74 Å².